The number of fused-ring (bicyclic) bond motifs is 1. The number of nitrogens with zero attached hydrogens (tertiary/aromatic N) is 2. The average Bonchev–Trinajstić information content (AvgIpc) is 3.38. The van der Waals surface area contributed by atoms with Crippen LogP contribution in [0.4, 0.5) is 0 Å². The minimum absolute atomic E-state index is 0.228. The van der Waals surface area contributed by atoms with Crippen LogP contribution in [-0.2, 0) is 13.2 Å². The van der Waals surface area contributed by atoms with E-state index in [1.165, 1.54) is 0 Å². The molecule has 2 heterocycles. The van der Waals surface area contributed by atoms with Crippen LogP contribution in [0.5, 0.6) is 5.75 Å². The van der Waals surface area contributed by atoms with Crippen LogP contribution in [0.3, 0.4) is 0 Å². The number of furan rings is 1. The van der Waals surface area contributed by atoms with E-state index in [2.05, 4.69) is 10.3 Å². The van der Waals surface area contributed by atoms with Gasteiger partial charge >= 0.3 is 0 Å². The molecule has 6 heteroatoms. The summed E-state index contributed by atoms with van der Waals surface area (Å²) >= 11 is 0. The molecular weight excluding hydrogens is 354 g/mol. The fourth-order valence-corrected chi connectivity index (χ4v) is 3.06. The maximum absolute atomic E-state index is 12.7. The maximum atomic E-state index is 12.7. The smallest absolute Gasteiger partial charge is 0.287 e. The second-order valence-electron chi connectivity index (χ2n) is 6.42. The van der Waals surface area contributed by atoms with Gasteiger partial charge in [0.25, 0.3) is 5.91 Å². The Balaban J connectivity index is 1.46. The lowest BCUT2D eigenvalue weighted by Crippen LogP contribution is -2.25. The van der Waals surface area contributed by atoms with Crippen LogP contribution in [0.1, 0.15) is 22.5 Å². The zero-order valence-corrected chi connectivity index (χ0v) is 15.4. The van der Waals surface area contributed by atoms with Gasteiger partial charge in [0, 0.05) is 36.4 Å². The van der Waals surface area contributed by atoms with Crippen molar-refractivity contribution in [3.63, 3.8) is 0 Å². The number of amides is 1. The molecule has 0 unspecified atom stereocenters. The molecule has 0 aliphatic carbocycles. The molecule has 28 heavy (non-hydrogen) atoms. The predicted molar refractivity (Wildman–Crippen MR) is 106 cm³/mol. The van der Waals surface area contributed by atoms with Crippen molar-refractivity contribution < 1.29 is 13.9 Å². The van der Waals surface area contributed by atoms with Crippen LogP contribution in [-0.4, -0.2) is 22.0 Å². The molecule has 0 aliphatic heterocycles. The second-order valence-corrected chi connectivity index (χ2v) is 6.42. The minimum atomic E-state index is -0.228. The first-order valence-electron chi connectivity index (χ1n) is 9.23. The number of imidazole rings is 1. The lowest BCUT2D eigenvalue weighted by Gasteiger charge is -2.08. The number of carbonyl (C=O) groups excluding carboxylic acids is 1. The van der Waals surface area contributed by atoms with Gasteiger partial charge < -0.3 is 19.0 Å². The minimum Gasteiger partial charge on any atom is -0.489 e. The van der Waals surface area contributed by atoms with Crippen molar-refractivity contribution in [3.05, 3.63) is 84.6 Å². The third kappa shape index (κ3) is 4.06. The highest BCUT2D eigenvalue weighted by atomic mass is 16.5. The number of rotatable bonds is 8. The van der Waals surface area contributed by atoms with Crippen molar-refractivity contribution in [2.24, 2.45) is 0 Å². The molecule has 0 spiro atoms. The van der Waals surface area contributed by atoms with Crippen molar-refractivity contribution in [3.8, 4) is 5.75 Å². The summed E-state index contributed by atoms with van der Waals surface area (Å²) in [5.41, 5.74) is 1.43. The quantitative estimate of drug-likeness (QED) is 0.472. The van der Waals surface area contributed by atoms with Crippen molar-refractivity contribution in [1.82, 2.24) is 14.9 Å². The number of hydrogen-bond acceptors (Lipinski definition) is 4. The van der Waals surface area contributed by atoms with E-state index in [0.717, 1.165) is 29.7 Å². The predicted octanol–water partition coefficient (Wildman–Crippen LogP) is 4.03. The number of ether oxygens (including phenoxy) is 1. The van der Waals surface area contributed by atoms with Crippen LogP contribution < -0.4 is 10.1 Å². The van der Waals surface area contributed by atoms with E-state index in [0.29, 0.717) is 17.9 Å². The molecule has 0 aliphatic rings. The Hall–Kier alpha value is -3.54. The molecule has 1 N–H and O–H groups in total. The van der Waals surface area contributed by atoms with E-state index in [1.807, 2.05) is 65.4 Å². The summed E-state index contributed by atoms with van der Waals surface area (Å²) < 4.78 is 13.7. The molecule has 0 saturated heterocycles. The summed E-state index contributed by atoms with van der Waals surface area (Å²) in [6, 6.07) is 17.2. The fourth-order valence-electron chi connectivity index (χ4n) is 3.06. The van der Waals surface area contributed by atoms with Crippen molar-refractivity contribution in [2.45, 2.75) is 19.6 Å². The highest BCUT2D eigenvalue weighted by Crippen LogP contribution is 2.27. The van der Waals surface area contributed by atoms with Crippen molar-refractivity contribution in [2.75, 3.05) is 6.54 Å². The Labute approximate surface area is 162 Å². The van der Waals surface area contributed by atoms with Gasteiger partial charge in [0.05, 0.1) is 6.33 Å². The third-order valence-electron chi connectivity index (χ3n) is 4.47. The Kier molecular flexibility index (Phi) is 5.38. The number of para-hydroxylation sites is 2. The van der Waals surface area contributed by atoms with Crippen LogP contribution in [0.15, 0.2) is 77.7 Å². The number of aryl methyl sites for hydroxylation is 1. The van der Waals surface area contributed by atoms with Gasteiger partial charge in [-0.2, -0.15) is 0 Å². The molecular formula is C22H21N3O3. The van der Waals surface area contributed by atoms with Crippen molar-refractivity contribution >= 4 is 16.9 Å². The lowest BCUT2D eigenvalue weighted by atomic mass is 10.1. The Morgan fingerprint density at radius 1 is 1.11 bits per heavy atom. The van der Waals surface area contributed by atoms with Gasteiger partial charge in [0.15, 0.2) is 5.76 Å². The maximum Gasteiger partial charge on any atom is 0.287 e. The third-order valence-corrected chi connectivity index (χ3v) is 4.47. The first-order chi connectivity index (χ1) is 13.8. The number of aromatic nitrogens is 2. The van der Waals surface area contributed by atoms with Gasteiger partial charge in [0.1, 0.15) is 17.9 Å². The highest BCUT2D eigenvalue weighted by molar-refractivity contribution is 5.99. The summed E-state index contributed by atoms with van der Waals surface area (Å²) in [7, 11) is 0. The second kappa shape index (κ2) is 8.43. The van der Waals surface area contributed by atoms with E-state index in [1.54, 1.807) is 12.5 Å². The van der Waals surface area contributed by atoms with Gasteiger partial charge in [-0.3, -0.25) is 4.79 Å². The van der Waals surface area contributed by atoms with E-state index in [-0.39, 0.29) is 12.5 Å². The molecule has 4 rings (SSSR count). The molecule has 0 atom stereocenters. The summed E-state index contributed by atoms with van der Waals surface area (Å²) in [4.78, 5) is 16.7. The average molecular weight is 375 g/mol. The molecule has 2 aromatic heterocycles. The number of carbonyl (C=O) groups is 1. The first kappa shape index (κ1) is 17.9. The molecule has 142 valence electrons. The standard InChI is InChI=1S/C22H21N3O3/c26-22(24-11-6-13-25-14-12-23-16-25)21-19(15-27-17-7-2-1-3-8-17)18-9-4-5-10-20(18)28-21/h1-5,7-10,12,14,16H,6,11,13,15H2,(H,24,26). The van der Waals surface area contributed by atoms with Crippen LogP contribution in [0.25, 0.3) is 11.0 Å². The zero-order chi connectivity index (χ0) is 19.2. The van der Waals surface area contributed by atoms with E-state index in [9.17, 15) is 4.79 Å². The molecule has 6 nitrogen and oxygen atoms in total. The van der Waals surface area contributed by atoms with Crippen LogP contribution >= 0.6 is 0 Å². The van der Waals surface area contributed by atoms with Gasteiger partial charge in [-0.05, 0) is 24.6 Å². The van der Waals surface area contributed by atoms with Gasteiger partial charge in [-0.1, -0.05) is 36.4 Å². The van der Waals surface area contributed by atoms with Crippen LogP contribution in [0, 0.1) is 0 Å². The van der Waals surface area contributed by atoms with E-state index in [4.69, 9.17) is 9.15 Å². The summed E-state index contributed by atoms with van der Waals surface area (Å²) in [5, 5.41) is 3.83. The number of hydrogen-bond donors (Lipinski definition) is 1. The summed E-state index contributed by atoms with van der Waals surface area (Å²) in [6.07, 6.45) is 6.21. The van der Waals surface area contributed by atoms with E-state index < -0.39 is 0 Å². The summed E-state index contributed by atoms with van der Waals surface area (Å²) in [5.74, 6) is 0.827. The number of nitrogens with one attached hydrogen (secondary N) is 1. The normalized spacial score (nSPS) is 10.9. The Morgan fingerprint density at radius 2 is 1.93 bits per heavy atom. The monoisotopic (exact) mass is 375 g/mol. The molecule has 2 aromatic carbocycles. The fraction of sp³-hybridized carbons (Fsp3) is 0.182. The molecule has 4 aromatic rings. The van der Waals surface area contributed by atoms with E-state index >= 15 is 0 Å². The highest BCUT2D eigenvalue weighted by Gasteiger charge is 2.20. The number of benzene rings is 2. The first-order valence-corrected chi connectivity index (χ1v) is 9.23. The summed E-state index contributed by atoms with van der Waals surface area (Å²) in [6.45, 7) is 1.61. The Bertz CT molecular complexity index is 1040. The van der Waals surface area contributed by atoms with Crippen LogP contribution in [0.2, 0.25) is 0 Å². The van der Waals surface area contributed by atoms with Gasteiger partial charge in [0.2, 0.25) is 0 Å². The molecule has 0 fully saturated rings. The molecule has 0 radical (unpaired) electrons. The zero-order valence-electron chi connectivity index (χ0n) is 15.4. The Morgan fingerprint density at radius 3 is 2.75 bits per heavy atom. The molecule has 0 saturated carbocycles. The largest absolute Gasteiger partial charge is 0.489 e. The molecule has 1 amide bonds. The van der Waals surface area contributed by atoms with Gasteiger partial charge in [-0.15, -0.1) is 0 Å². The lowest BCUT2D eigenvalue weighted by molar-refractivity contribution is 0.0923. The van der Waals surface area contributed by atoms with Crippen molar-refractivity contribution in [1.29, 1.82) is 0 Å². The SMILES string of the molecule is O=C(NCCCn1ccnc1)c1oc2ccccc2c1COc1ccccc1. The topological polar surface area (TPSA) is 69.3 Å². The molecule has 0 bridgehead atoms. The van der Waals surface area contributed by atoms with Gasteiger partial charge in [-0.25, -0.2) is 4.98 Å².